The van der Waals surface area contributed by atoms with Crippen LogP contribution in [-0.2, 0) is 4.79 Å². The molecule has 0 radical (unpaired) electrons. The minimum atomic E-state index is -0.507. The summed E-state index contributed by atoms with van der Waals surface area (Å²) in [5.74, 6) is 0.173. The van der Waals surface area contributed by atoms with Crippen LogP contribution in [-0.4, -0.2) is 44.1 Å². The molecule has 2 N–H and O–H groups in total. The van der Waals surface area contributed by atoms with Gasteiger partial charge in [-0.3, -0.25) is 19.8 Å². The van der Waals surface area contributed by atoms with Crippen molar-refractivity contribution in [3.8, 4) is 5.75 Å². The lowest BCUT2D eigenvalue weighted by Gasteiger charge is -2.27. The number of benzene rings is 1. The zero-order valence-corrected chi connectivity index (χ0v) is 15.3. The quantitative estimate of drug-likeness (QED) is 0.825. The number of anilines is 1. The first-order chi connectivity index (χ1) is 11.7. The maximum absolute atomic E-state index is 11.7. The normalized spacial score (nSPS) is 12.2. The highest BCUT2D eigenvalue weighted by molar-refractivity contribution is 6.06. The van der Waals surface area contributed by atoms with Crippen LogP contribution in [0.1, 0.15) is 44.5 Å². The molecule has 3 amide bonds. The number of carbonyl (C=O) groups excluding carboxylic acids is 3. The predicted molar refractivity (Wildman–Crippen MR) is 94.7 cm³/mol. The van der Waals surface area contributed by atoms with Gasteiger partial charge in [0.25, 0.3) is 0 Å². The largest absolute Gasteiger partial charge is 0.495 e. The molecule has 136 valence electrons. The standard InChI is InChI=1S/C12H12N2O4.2C2H6.CH4O/c1-18-10-3-2-8(7-15)6-9(10)14-5-4-11(16)13-12(14)17;3*1-2/h2-3,6-7H,4-5H2,1H3,(H,13,16,17);2*1-2H3;2H,1H3. The second-order valence-corrected chi connectivity index (χ2v) is 3.80. The van der Waals surface area contributed by atoms with Crippen molar-refractivity contribution in [3.63, 3.8) is 0 Å². The van der Waals surface area contributed by atoms with Gasteiger partial charge in [-0.15, -0.1) is 0 Å². The molecule has 1 fully saturated rings. The van der Waals surface area contributed by atoms with Gasteiger partial charge < -0.3 is 9.84 Å². The van der Waals surface area contributed by atoms with E-state index in [1.807, 2.05) is 27.7 Å². The summed E-state index contributed by atoms with van der Waals surface area (Å²) < 4.78 is 5.15. The third-order valence-corrected chi connectivity index (χ3v) is 2.68. The fraction of sp³-hybridized carbons (Fsp3) is 0.471. The Balaban J connectivity index is 0. The number of carbonyl (C=O) groups is 3. The number of imide groups is 1. The number of amides is 3. The van der Waals surface area contributed by atoms with E-state index in [4.69, 9.17) is 9.84 Å². The lowest BCUT2D eigenvalue weighted by molar-refractivity contribution is -0.120. The number of hydrogen-bond donors (Lipinski definition) is 2. The van der Waals surface area contributed by atoms with Crippen LogP contribution in [0.5, 0.6) is 5.75 Å². The number of aldehydes is 1. The zero-order chi connectivity index (χ0) is 19.1. The molecule has 0 bridgehead atoms. The van der Waals surface area contributed by atoms with Crippen LogP contribution >= 0.6 is 0 Å². The van der Waals surface area contributed by atoms with E-state index in [1.54, 1.807) is 18.2 Å². The average Bonchev–Trinajstić information content (AvgIpc) is 2.66. The van der Waals surface area contributed by atoms with Gasteiger partial charge >= 0.3 is 6.03 Å². The predicted octanol–water partition coefficient (Wildman–Crippen LogP) is 2.61. The van der Waals surface area contributed by atoms with E-state index >= 15 is 0 Å². The molecule has 1 aliphatic rings. The summed E-state index contributed by atoms with van der Waals surface area (Å²) in [5, 5.41) is 9.22. The molecule has 7 nitrogen and oxygen atoms in total. The van der Waals surface area contributed by atoms with Crippen molar-refractivity contribution in [2.45, 2.75) is 34.1 Å². The molecule has 1 aliphatic heterocycles. The molecule has 1 saturated heterocycles. The Morgan fingerprint density at radius 1 is 1.17 bits per heavy atom. The van der Waals surface area contributed by atoms with Gasteiger partial charge in [-0.25, -0.2) is 4.79 Å². The van der Waals surface area contributed by atoms with E-state index in [9.17, 15) is 14.4 Å². The maximum Gasteiger partial charge on any atom is 0.328 e. The van der Waals surface area contributed by atoms with Crippen LogP contribution in [0.4, 0.5) is 10.5 Å². The molecule has 2 rings (SSSR count). The Morgan fingerprint density at radius 3 is 2.21 bits per heavy atom. The number of nitrogens with one attached hydrogen (secondary N) is 1. The van der Waals surface area contributed by atoms with E-state index in [0.29, 0.717) is 23.3 Å². The first-order valence-electron chi connectivity index (χ1n) is 7.85. The number of urea groups is 1. The number of aliphatic hydroxyl groups is 1. The molecule has 0 atom stereocenters. The molecule has 7 heteroatoms. The van der Waals surface area contributed by atoms with E-state index in [2.05, 4.69) is 5.32 Å². The molecule has 0 aromatic heterocycles. The van der Waals surface area contributed by atoms with E-state index in [1.165, 1.54) is 12.0 Å². The summed E-state index contributed by atoms with van der Waals surface area (Å²) in [7, 11) is 2.48. The molecule has 0 spiro atoms. The minimum Gasteiger partial charge on any atom is -0.495 e. The smallest absolute Gasteiger partial charge is 0.328 e. The Morgan fingerprint density at radius 2 is 1.75 bits per heavy atom. The van der Waals surface area contributed by atoms with Crippen molar-refractivity contribution in [2.24, 2.45) is 0 Å². The van der Waals surface area contributed by atoms with Crippen LogP contribution in [0.2, 0.25) is 0 Å². The van der Waals surface area contributed by atoms with E-state index in [0.717, 1.165) is 7.11 Å². The highest BCUT2D eigenvalue weighted by Crippen LogP contribution is 2.30. The molecule has 1 aromatic rings. The number of methoxy groups -OCH3 is 1. The number of aliphatic hydroxyl groups excluding tert-OH is 1. The van der Waals surface area contributed by atoms with Crippen molar-refractivity contribution in [1.82, 2.24) is 5.32 Å². The molecule has 24 heavy (non-hydrogen) atoms. The Kier molecular flexibility index (Phi) is 14.1. The van der Waals surface area contributed by atoms with Gasteiger partial charge in [0.1, 0.15) is 12.0 Å². The van der Waals surface area contributed by atoms with Crippen LogP contribution in [0.3, 0.4) is 0 Å². The van der Waals surface area contributed by atoms with Gasteiger partial charge in [0, 0.05) is 25.6 Å². The second-order valence-electron chi connectivity index (χ2n) is 3.80. The Bertz CT molecular complexity index is 518. The Hall–Kier alpha value is -2.41. The average molecular weight is 340 g/mol. The summed E-state index contributed by atoms with van der Waals surface area (Å²) >= 11 is 0. The van der Waals surface area contributed by atoms with Crippen LogP contribution in [0, 0.1) is 0 Å². The minimum absolute atomic E-state index is 0.222. The SMILES string of the molecule is CC.CC.CO.COc1ccc(C=O)cc1N1CCC(=O)NC1=O. The van der Waals surface area contributed by atoms with Gasteiger partial charge in [-0.05, 0) is 18.2 Å². The number of nitrogens with zero attached hydrogens (tertiary/aromatic N) is 1. The highest BCUT2D eigenvalue weighted by Gasteiger charge is 2.26. The first-order valence-corrected chi connectivity index (χ1v) is 7.85. The number of ether oxygens (including phenoxy) is 1. The van der Waals surface area contributed by atoms with Gasteiger partial charge in [0.15, 0.2) is 0 Å². The van der Waals surface area contributed by atoms with Crippen LogP contribution in [0.25, 0.3) is 0 Å². The molecule has 1 heterocycles. The van der Waals surface area contributed by atoms with Crippen molar-refractivity contribution < 1.29 is 24.2 Å². The highest BCUT2D eigenvalue weighted by atomic mass is 16.5. The molecular weight excluding hydrogens is 312 g/mol. The van der Waals surface area contributed by atoms with E-state index < -0.39 is 6.03 Å². The summed E-state index contributed by atoms with van der Waals surface area (Å²) in [6, 6.07) is 4.26. The van der Waals surface area contributed by atoms with Crippen molar-refractivity contribution in [1.29, 1.82) is 0 Å². The van der Waals surface area contributed by atoms with Crippen molar-refractivity contribution >= 4 is 23.9 Å². The van der Waals surface area contributed by atoms with Crippen LogP contribution < -0.4 is 15.0 Å². The first kappa shape index (κ1) is 23.9. The van der Waals surface area contributed by atoms with Gasteiger partial charge in [0.05, 0.1) is 12.8 Å². The van der Waals surface area contributed by atoms with Crippen LogP contribution in [0.15, 0.2) is 18.2 Å². The van der Waals surface area contributed by atoms with E-state index in [-0.39, 0.29) is 18.9 Å². The summed E-state index contributed by atoms with van der Waals surface area (Å²) in [5.41, 5.74) is 0.919. The fourth-order valence-corrected chi connectivity index (χ4v) is 1.79. The van der Waals surface area contributed by atoms with Gasteiger partial charge in [-0.2, -0.15) is 0 Å². The summed E-state index contributed by atoms with van der Waals surface area (Å²) in [6.45, 7) is 8.27. The van der Waals surface area contributed by atoms with Crippen molar-refractivity contribution in [3.05, 3.63) is 23.8 Å². The third-order valence-electron chi connectivity index (χ3n) is 2.68. The lowest BCUT2D eigenvalue weighted by atomic mass is 10.1. The number of hydrogen-bond acceptors (Lipinski definition) is 5. The zero-order valence-electron chi connectivity index (χ0n) is 15.3. The molecule has 0 saturated carbocycles. The fourth-order valence-electron chi connectivity index (χ4n) is 1.79. The molecule has 1 aromatic carbocycles. The van der Waals surface area contributed by atoms with Gasteiger partial charge in [-0.1, -0.05) is 27.7 Å². The summed E-state index contributed by atoms with van der Waals surface area (Å²) in [4.78, 5) is 34.9. The molecule has 0 unspecified atom stereocenters. The second kappa shape index (κ2) is 14.2. The monoisotopic (exact) mass is 340 g/mol. The maximum atomic E-state index is 11.7. The molecular formula is C17H28N2O5. The number of rotatable bonds is 3. The van der Waals surface area contributed by atoms with Gasteiger partial charge in [0.2, 0.25) is 5.91 Å². The Labute approximate surface area is 143 Å². The molecule has 0 aliphatic carbocycles. The third kappa shape index (κ3) is 6.78. The lowest BCUT2D eigenvalue weighted by Crippen LogP contribution is -2.49. The summed E-state index contributed by atoms with van der Waals surface area (Å²) in [6.07, 6.45) is 0.913. The topological polar surface area (TPSA) is 95.9 Å². The van der Waals surface area contributed by atoms with Crippen molar-refractivity contribution in [2.75, 3.05) is 25.7 Å².